The minimum absolute atomic E-state index is 0.667. The molecular formula is C21H27N3O2. The number of rotatable bonds is 9. The van der Waals surface area contributed by atoms with Crippen molar-refractivity contribution >= 4 is 11.0 Å². The molecule has 5 heteroatoms. The van der Waals surface area contributed by atoms with Crippen molar-refractivity contribution in [2.75, 3.05) is 20.8 Å². The predicted octanol–water partition coefficient (Wildman–Crippen LogP) is 3.58. The Labute approximate surface area is 154 Å². The molecule has 2 N–H and O–H groups in total. The van der Waals surface area contributed by atoms with Gasteiger partial charge in [0, 0.05) is 25.1 Å². The monoisotopic (exact) mass is 353 g/mol. The molecular weight excluding hydrogens is 326 g/mol. The van der Waals surface area contributed by atoms with Gasteiger partial charge in [-0.2, -0.15) is 0 Å². The maximum atomic E-state index is 5.71. The van der Waals surface area contributed by atoms with Gasteiger partial charge in [0.15, 0.2) is 11.5 Å². The Morgan fingerprint density at radius 1 is 0.962 bits per heavy atom. The first-order chi connectivity index (χ1) is 12.8. The first-order valence-electron chi connectivity index (χ1n) is 9.12. The van der Waals surface area contributed by atoms with Crippen molar-refractivity contribution in [3.05, 3.63) is 53.9 Å². The van der Waals surface area contributed by atoms with Gasteiger partial charge < -0.3 is 19.8 Å². The topological polar surface area (TPSA) is 62.3 Å². The third kappa shape index (κ3) is 3.99. The summed E-state index contributed by atoms with van der Waals surface area (Å²) >= 11 is 0. The second-order valence-corrected chi connectivity index (χ2v) is 6.36. The number of aromatic nitrogens is 2. The number of benzene rings is 2. The zero-order valence-electron chi connectivity index (χ0n) is 15.6. The maximum Gasteiger partial charge on any atom is 0.163 e. The van der Waals surface area contributed by atoms with Crippen molar-refractivity contribution in [2.24, 2.45) is 5.73 Å². The van der Waals surface area contributed by atoms with Crippen LogP contribution in [0, 0.1) is 0 Å². The van der Waals surface area contributed by atoms with Crippen LogP contribution >= 0.6 is 0 Å². The average molecular weight is 353 g/mol. The molecule has 2 aromatic carbocycles. The van der Waals surface area contributed by atoms with E-state index < -0.39 is 0 Å². The fourth-order valence-corrected chi connectivity index (χ4v) is 3.29. The SMILES string of the molecule is COc1cc2nc(CCCN)n(CCCc3ccccc3)c2cc1OC. The number of methoxy groups -OCH3 is 2. The van der Waals surface area contributed by atoms with Crippen LogP contribution in [-0.2, 0) is 19.4 Å². The van der Waals surface area contributed by atoms with Crippen molar-refractivity contribution in [3.63, 3.8) is 0 Å². The Hall–Kier alpha value is -2.53. The molecule has 0 bridgehead atoms. The number of imidazole rings is 1. The number of nitrogens with two attached hydrogens (primary N) is 1. The fraction of sp³-hybridized carbons (Fsp3) is 0.381. The summed E-state index contributed by atoms with van der Waals surface area (Å²) in [6, 6.07) is 14.6. The van der Waals surface area contributed by atoms with Crippen molar-refractivity contribution in [2.45, 2.75) is 32.2 Å². The first kappa shape index (κ1) is 18.3. The van der Waals surface area contributed by atoms with E-state index in [4.69, 9.17) is 20.2 Å². The lowest BCUT2D eigenvalue weighted by Gasteiger charge is -2.11. The highest BCUT2D eigenvalue weighted by atomic mass is 16.5. The molecule has 0 radical (unpaired) electrons. The lowest BCUT2D eigenvalue weighted by atomic mass is 10.1. The van der Waals surface area contributed by atoms with Crippen LogP contribution in [0.15, 0.2) is 42.5 Å². The van der Waals surface area contributed by atoms with Crippen molar-refractivity contribution < 1.29 is 9.47 Å². The van der Waals surface area contributed by atoms with Gasteiger partial charge in [0.05, 0.1) is 25.3 Å². The summed E-state index contributed by atoms with van der Waals surface area (Å²) in [5, 5.41) is 0. The van der Waals surface area contributed by atoms with Gasteiger partial charge in [0.1, 0.15) is 5.82 Å². The molecule has 138 valence electrons. The molecule has 1 heterocycles. The molecule has 26 heavy (non-hydrogen) atoms. The molecule has 1 aromatic heterocycles. The van der Waals surface area contributed by atoms with E-state index in [0.717, 1.165) is 54.8 Å². The summed E-state index contributed by atoms with van der Waals surface area (Å²) in [6.07, 6.45) is 3.90. The average Bonchev–Trinajstić information content (AvgIpc) is 3.02. The van der Waals surface area contributed by atoms with Crippen molar-refractivity contribution in [1.29, 1.82) is 0 Å². The van der Waals surface area contributed by atoms with E-state index >= 15 is 0 Å². The minimum atomic E-state index is 0.667. The second-order valence-electron chi connectivity index (χ2n) is 6.36. The molecule has 5 nitrogen and oxygen atoms in total. The lowest BCUT2D eigenvalue weighted by molar-refractivity contribution is 0.355. The van der Waals surface area contributed by atoms with Crippen LogP contribution in [0.5, 0.6) is 11.5 Å². The molecule has 3 rings (SSSR count). The Morgan fingerprint density at radius 3 is 2.38 bits per heavy atom. The largest absolute Gasteiger partial charge is 0.493 e. The third-order valence-corrected chi connectivity index (χ3v) is 4.63. The summed E-state index contributed by atoms with van der Waals surface area (Å²) < 4.78 is 13.2. The smallest absolute Gasteiger partial charge is 0.163 e. The molecule has 0 amide bonds. The number of aryl methyl sites for hydroxylation is 3. The maximum absolute atomic E-state index is 5.71. The van der Waals surface area contributed by atoms with E-state index in [-0.39, 0.29) is 0 Å². The fourth-order valence-electron chi connectivity index (χ4n) is 3.29. The Balaban J connectivity index is 1.89. The van der Waals surface area contributed by atoms with Gasteiger partial charge in [-0.25, -0.2) is 4.98 Å². The van der Waals surface area contributed by atoms with Crippen molar-refractivity contribution in [3.8, 4) is 11.5 Å². The van der Waals surface area contributed by atoms with E-state index in [0.29, 0.717) is 12.3 Å². The molecule has 0 aliphatic carbocycles. The summed E-state index contributed by atoms with van der Waals surface area (Å²) in [5.41, 5.74) is 9.10. The molecule has 0 fully saturated rings. The predicted molar refractivity (Wildman–Crippen MR) is 105 cm³/mol. The normalized spacial score (nSPS) is 11.0. The van der Waals surface area contributed by atoms with E-state index in [1.807, 2.05) is 12.1 Å². The Kier molecular flexibility index (Phi) is 6.12. The summed E-state index contributed by atoms with van der Waals surface area (Å²) in [6.45, 7) is 1.58. The van der Waals surface area contributed by atoms with E-state index in [1.165, 1.54) is 5.56 Å². The van der Waals surface area contributed by atoms with E-state index in [2.05, 4.69) is 34.9 Å². The minimum Gasteiger partial charge on any atom is -0.493 e. The van der Waals surface area contributed by atoms with Crippen LogP contribution < -0.4 is 15.2 Å². The Morgan fingerprint density at radius 2 is 1.69 bits per heavy atom. The Bertz CT molecular complexity index is 843. The van der Waals surface area contributed by atoms with E-state index in [1.54, 1.807) is 14.2 Å². The molecule has 0 saturated carbocycles. The van der Waals surface area contributed by atoms with Crippen molar-refractivity contribution in [1.82, 2.24) is 9.55 Å². The number of nitrogens with zero attached hydrogens (tertiary/aromatic N) is 2. The van der Waals surface area contributed by atoms with Crippen LogP contribution in [-0.4, -0.2) is 30.3 Å². The van der Waals surface area contributed by atoms with Crippen LogP contribution in [0.1, 0.15) is 24.2 Å². The summed E-state index contributed by atoms with van der Waals surface area (Å²) in [5.74, 6) is 2.52. The van der Waals surface area contributed by atoms with Gasteiger partial charge in [-0.05, 0) is 31.4 Å². The highest BCUT2D eigenvalue weighted by Crippen LogP contribution is 2.32. The van der Waals surface area contributed by atoms with Crippen LogP contribution in [0.4, 0.5) is 0 Å². The molecule has 0 aliphatic rings. The highest BCUT2D eigenvalue weighted by Gasteiger charge is 2.15. The van der Waals surface area contributed by atoms with Gasteiger partial charge in [0.25, 0.3) is 0 Å². The molecule has 0 spiro atoms. The molecule has 0 unspecified atom stereocenters. The number of hydrogen-bond donors (Lipinski definition) is 1. The van der Waals surface area contributed by atoms with Gasteiger partial charge in [-0.3, -0.25) is 0 Å². The summed E-state index contributed by atoms with van der Waals surface area (Å²) in [4.78, 5) is 4.83. The van der Waals surface area contributed by atoms with Gasteiger partial charge >= 0.3 is 0 Å². The number of ether oxygens (including phenoxy) is 2. The van der Waals surface area contributed by atoms with Gasteiger partial charge in [-0.15, -0.1) is 0 Å². The molecule has 0 saturated heterocycles. The third-order valence-electron chi connectivity index (χ3n) is 4.63. The van der Waals surface area contributed by atoms with Crippen LogP contribution in [0.2, 0.25) is 0 Å². The van der Waals surface area contributed by atoms with Gasteiger partial charge in [-0.1, -0.05) is 30.3 Å². The number of fused-ring (bicyclic) bond motifs is 1. The molecule has 0 atom stereocenters. The number of hydrogen-bond acceptors (Lipinski definition) is 4. The zero-order chi connectivity index (χ0) is 18.4. The van der Waals surface area contributed by atoms with Crippen LogP contribution in [0.25, 0.3) is 11.0 Å². The quantitative estimate of drug-likeness (QED) is 0.639. The zero-order valence-corrected chi connectivity index (χ0v) is 15.6. The van der Waals surface area contributed by atoms with E-state index in [9.17, 15) is 0 Å². The second kappa shape index (κ2) is 8.72. The highest BCUT2D eigenvalue weighted by molar-refractivity contribution is 5.80. The molecule has 0 aliphatic heterocycles. The van der Waals surface area contributed by atoms with Gasteiger partial charge in [0.2, 0.25) is 0 Å². The molecule has 3 aromatic rings. The summed E-state index contributed by atoms with van der Waals surface area (Å²) in [7, 11) is 3.31. The first-order valence-corrected chi connectivity index (χ1v) is 9.12. The standard InChI is InChI=1S/C21H27N3O2/c1-25-19-14-17-18(15-20(19)26-2)24(21(23-17)11-6-12-22)13-7-10-16-8-4-3-5-9-16/h3-5,8-9,14-15H,6-7,10-13,22H2,1-2H3. The van der Waals surface area contributed by atoms with Crippen LogP contribution in [0.3, 0.4) is 0 Å². The lowest BCUT2D eigenvalue weighted by Crippen LogP contribution is -2.08.